The molecule has 0 bridgehead atoms. The number of aromatic nitrogens is 3. The van der Waals surface area contributed by atoms with E-state index in [0.717, 1.165) is 38.1 Å². The number of carbonyl (C=O) groups excluding carboxylic acids is 1. The Labute approximate surface area is 197 Å². The van der Waals surface area contributed by atoms with E-state index in [1.54, 1.807) is 6.20 Å². The third-order valence-corrected chi connectivity index (χ3v) is 6.61. The molecule has 2 aromatic heterocycles. The molecule has 1 amide bonds. The molecule has 1 aliphatic carbocycles. The minimum atomic E-state index is -4.86. The van der Waals surface area contributed by atoms with Crippen molar-refractivity contribution < 1.29 is 22.4 Å². The average Bonchev–Trinajstić information content (AvgIpc) is 3.21. The van der Waals surface area contributed by atoms with Gasteiger partial charge < -0.3 is 10.6 Å². The predicted octanol–water partition coefficient (Wildman–Crippen LogP) is 4.08. The highest BCUT2D eigenvalue weighted by Crippen LogP contribution is 2.50. The molecule has 0 radical (unpaired) electrons. The van der Waals surface area contributed by atoms with Crippen LogP contribution >= 0.6 is 0 Å². The second-order valence-corrected chi connectivity index (χ2v) is 9.11. The molecule has 0 atom stereocenters. The third kappa shape index (κ3) is 4.37. The van der Waals surface area contributed by atoms with Crippen LogP contribution in [0.25, 0.3) is 11.3 Å². The number of anilines is 1. The molecule has 1 aliphatic heterocycles. The highest BCUT2D eigenvalue weighted by molar-refractivity contribution is 5.92. The van der Waals surface area contributed by atoms with Gasteiger partial charge in [-0.1, -0.05) is 12.1 Å². The maximum Gasteiger partial charge on any atom is 0.419 e. The molecule has 1 saturated carbocycles. The molecule has 0 unspecified atom stereocenters. The molecule has 2 fully saturated rings. The molecule has 7 nitrogen and oxygen atoms in total. The standard InChI is InChI=1S/C24H20F4N6O/c25-21-14(2-1-3-19(21)24(26,27)28)5-20(35)33-17-4-15(8-29)22(31-10-17)16-9-32-34(11-16)18-6-23(7-18)12-30-13-23/h1-4,9-11,18,30H,5-7,12-13H2,(H,33,35). The summed E-state index contributed by atoms with van der Waals surface area (Å²) in [6.45, 7) is 2.07. The van der Waals surface area contributed by atoms with Gasteiger partial charge in [-0.15, -0.1) is 0 Å². The van der Waals surface area contributed by atoms with Gasteiger partial charge in [-0.25, -0.2) is 4.39 Å². The van der Waals surface area contributed by atoms with E-state index in [2.05, 4.69) is 20.7 Å². The number of nitriles is 1. The van der Waals surface area contributed by atoms with Gasteiger partial charge in [0.15, 0.2) is 0 Å². The molecule has 5 rings (SSSR count). The minimum Gasteiger partial charge on any atom is -0.324 e. The highest BCUT2D eigenvalue weighted by Gasteiger charge is 2.49. The number of benzene rings is 1. The summed E-state index contributed by atoms with van der Waals surface area (Å²) in [7, 11) is 0. The summed E-state index contributed by atoms with van der Waals surface area (Å²) in [5.74, 6) is -2.22. The van der Waals surface area contributed by atoms with Crippen molar-refractivity contribution in [3.63, 3.8) is 0 Å². The average molecular weight is 484 g/mol. The van der Waals surface area contributed by atoms with Gasteiger partial charge in [-0.3, -0.25) is 14.5 Å². The van der Waals surface area contributed by atoms with E-state index >= 15 is 0 Å². The van der Waals surface area contributed by atoms with Gasteiger partial charge in [0.25, 0.3) is 0 Å². The van der Waals surface area contributed by atoms with Gasteiger partial charge in [0.2, 0.25) is 5.91 Å². The fourth-order valence-corrected chi connectivity index (χ4v) is 4.72. The molecule has 1 spiro atoms. The number of rotatable bonds is 5. The van der Waals surface area contributed by atoms with Crippen molar-refractivity contribution in [1.82, 2.24) is 20.1 Å². The zero-order valence-corrected chi connectivity index (χ0v) is 18.4. The fourth-order valence-electron chi connectivity index (χ4n) is 4.72. The summed E-state index contributed by atoms with van der Waals surface area (Å²) in [5, 5.41) is 19.8. The van der Waals surface area contributed by atoms with Crippen molar-refractivity contribution in [2.24, 2.45) is 5.41 Å². The second-order valence-electron chi connectivity index (χ2n) is 9.11. The maximum atomic E-state index is 14.2. The van der Waals surface area contributed by atoms with Gasteiger partial charge in [-0.05, 0) is 36.0 Å². The predicted molar refractivity (Wildman–Crippen MR) is 117 cm³/mol. The first-order valence-corrected chi connectivity index (χ1v) is 11.0. The normalized spacial score (nSPS) is 16.9. The summed E-state index contributed by atoms with van der Waals surface area (Å²) in [4.78, 5) is 16.7. The van der Waals surface area contributed by atoms with Crippen molar-refractivity contribution in [3.8, 4) is 17.3 Å². The molecule has 35 heavy (non-hydrogen) atoms. The lowest BCUT2D eigenvalue weighted by molar-refractivity contribution is -0.140. The number of nitrogens with one attached hydrogen (secondary N) is 2. The zero-order valence-electron chi connectivity index (χ0n) is 18.4. The Morgan fingerprint density at radius 1 is 1.29 bits per heavy atom. The lowest BCUT2D eigenvalue weighted by Crippen LogP contribution is -2.60. The van der Waals surface area contributed by atoms with Crippen LogP contribution in [0, 0.1) is 22.6 Å². The van der Waals surface area contributed by atoms with E-state index in [1.807, 2.05) is 16.9 Å². The number of carbonyl (C=O) groups is 1. The highest BCUT2D eigenvalue weighted by atomic mass is 19.4. The van der Waals surface area contributed by atoms with E-state index in [-0.39, 0.29) is 16.8 Å². The van der Waals surface area contributed by atoms with Crippen LogP contribution in [0.1, 0.15) is 35.6 Å². The Morgan fingerprint density at radius 2 is 2.06 bits per heavy atom. The van der Waals surface area contributed by atoms with Crippen molar-refractivity contribution in [2.75, 3.05) is 18.4 Å². The number of nitrogens with zero attached hydrogens (tertiary/aromatic N) is 4. The monoisotopic (exact) mass is 484 g/mol. The Balaban J connectivity index is 1.28. The number of amides is 1. The van der Waals surface area contributed by atoms with Crippen LogP contribution in [0.5, 0.6) is 0 Å². The van der Waals surface area contributed by atoms with Gasteiger partial charge in [0.05, 0.1) is 47.4 Å². The number of pyridine rings is 1. The Morgan fingerprint density at radius 3 is 2.71 bits per heavy atom. The van der Waals surface area contributed by atoms with Gasteiger partial charge in [0, 0.05) is 24.8 Å². The van der Waals surface area contributed by atoms with Crippen LogP contribution in [-0.2, 0) is 17.4 Å². The smallest absolute Gasteiger partial charge is 0.324 e. The van der Waals surface area contributed by atoms with Crippen LogP contribution in [0.2, 0.25) is 0 Å². The molecule has 180 valence electrons. The summed E-state index contributed by atoms with van der Waals surface area (Å²) in [6.07, 6.45) is 1.47. The van der Waals surface area contributed by atoms with Crippen LogP contribution < -0.4 is 10.6 Å². The summed E-state index contributed by atoms with van der Waals surface area (Å²) < 4.78 is 54.8. The molecule has 3 aromatic rings. The molecule has 3 heterocycles. The van der Waals surface area contributed by atoms with Gasteiger partial charge in [0.1, 0.15) is 11.9 Å². The summed E-state index contributed by atoms with van der Waals surface area (Å²) in [5.41, 5.74) is 0.0179. The number of hydrogen-bond acceptors (Lipinski definition) is 5. The lowest BCUT2D eigenvalue weighted by Gasteiger charge is -2.54. The Kier molecular flexibility index (Phi) is 5.56. The first kappa shape index (κ1) is 23.0. The van der Waals surface area contributed by atoms with E-state index in [0.29, 0.717) is 28.8 Å². The first-order valence-electron chi connectivity index (χ1n) is 11.0. The van der Waals surface area contributed by atoms with Crippen LogP contribution in [0.15, 0.2) is 42.9 Å². The molecule has 2 aliphatic rings. The fraction of sp³-hybridized carbons (Fsp3) is 0.333. The number of alkyl halides is 3. The topological polar surface area (TPSA) is 95.6 Å². The molecular formula is C24H20F4N6O. The van der Waals surface area contributed by atoms with Crippen molar-refractivity contribution in [1.29, 1.82) is 5.26 Å². The van der Waals surface area contributed by atoms with E-state index in [1.165, 1.54) is 12.3 Å². The summed E-state index contributed by atoms with van der Waals surface area (Å²) >= 11 is 0. The van der Waals surface area contributed by atoms with Gasteiger partial charge in [-0.2, -0.15) is 23.5 Å². The van der Waals surface area contributed by atoms with Crippen molar-refractivity contribution in [3.05, 3.63) is 65.4 Å². The quantitative estimate of drug-likeness (QED) is 0.532. The summed E-state index contributed by atoms with van der Waals surface area (Å²) in [6, 6.07) is 6.56. The minimum absolute atomic E-state index is 0.175. The second kappa shape index (κ2) is 8.46. The third-order valence-electron chi connectivity index (χ3n) is 6.61. The SMILES string of the molecule is N#Cc1cc(NC(=O)Cc2cccc(C(F)(F)F)c2F)cnc1-c1cnn(C2CC3(CNC3)C2)c1. The van der Waals surface area contributed by atoms with Crippen molar-refractivity contribution in [2.45, 2.75) is 31.5 Å². The van der Waals surface area contributed by atoms with E-state index in [9.17, 15) is 27.6 Å². The van der Waals surface area contributed by atoms with E-state index < -0.39 is 29.9 Å². The van der Waals surface area contributed by atoms with E-state index in [4.69, 9.17) is 0 Å². The zero-order chi connectivity index (χ0) is 24.8. The van der Waals surface area contributed by atoms with Gasteiger partial charge >= 0.3 is 6.18 Å². The van der Waals surface area contributed by atoms with Crippen LogP contribution in [0.4, 0.5) is 23.2 Å². The number of halogens is 4. The molecule has 11 heteroatoms. The molecule has 1 aromatic carbocycles. The van der Waals surface area contributed by atoms with Crippen LogP contribution in [0.3, 0.4) is 0 Å². The largest absolute Gasteiger partial charge is 0.419 e. The Bertz CT molecular complexity index is 1330. The number of hydrogen-bond donors (Lipinski definition) is 2. The molecule has 1 saturated heterocycles. The first-order chi connectivity index (χ1) is 16.7. The lowest BCUT2D eigenvalue weighted by atomic mass is 9.62. The maximum absolute atomic E-state index is 14.2. The Hall–Kier alpha value is -3.78. The van der Waals surface area contributed by atoms with Crippen LogP contribution in [-0.4, -0.2) is 33.8 Å². The molecular weight excluding hydrogens is 464 g/mol. The molecule has 2 N–H and O–H groups in total. The van der Waals surface area contributed by atoms with Crippen molar-refractivity contribution >= 4 is 11.6 Å².